The Balaban J connectivity index is 1.56. The van der Waals surface area contributed by atoms with Crippen molar-refractivity contribution in [3.8, 4) is 28.7 Å². The van der Waals surface area contributed by atoms with Crippen LogP contribution in [0.5, 0.6) is 5.75 Å². The maximum absolute atomic E-state index is 11.1. The van der Waals surface area contributed by atoms with Gasteiger partial charge in [0, 0.05) is 11.1 Å². The SMILES string of the molecule is O=C(O)c1ccc2oc(-c3ccc4oc(-c5ccc(O)cc5)nc4c3)nc2c1. The second kappa shape index (κ2) is 5.95. The summed E-state index contributed by atoms with van der Waals surface area (Å²) in [5.74, 6) is -0.0363. The summed E-state index contributed by atoms with van der Waals surface area (Å²) in [7, 11) is 0. The lowest BCUT2D eigenvalue weighted by Gasteiger charge is -1.94. The standard InChI is InChI=1S/C21H12N2O5/c24-14-5-1-11(2-6-14)19-22-15-9-12(3-7-17(15)27-19)20-23-16-10-13(21(25)26)4-8-18(16)28-20/h1-10,24H,(H,25,26). The molecule has 5 aromatic rings. The highest BCUT2D eigenvalue weighted by Gasteiger charge is 2.14. The maximum Gasteiger partial charge on any atom is 0.335 e. The second-order valence-electron chi connectivity index (χ2n) is 6.26. The quantitative estimate of drug-likeness (QED) is 0.472. The number of rotatable bonds is 3. The first kappa shape index (κ1) is 16.1. The average molecular weight is 372 g/mol. The maximum atomic E-state index is 11.1. The number of phenols is 1. The van der Waals surface area contributed by atoms with E-state index in [1.54, 1.807) is 48.5 Å². The van der Waals surface area contributed by atoms with E-state index in [9.17, 15) is 9.90 Å². The lowest BCUT2D eigenvalue weighted by atomic mass is 10.2. The van der Waals surface area contributed by atoms with Crippen LogP contribution in [0.4, 0.5) is 0 Å². The molecular weight excluding hydrogens is 360 g/mol. The molecule has 0 amide bonds. The van der Waals surface area contributed by atoms with E-state index < -0.39 is 5.97 Å². The minimum Gasteiger partial charge on any atom is -0.508 e. The monoisotopic (exact) mass is 372 g/mol. The van der Waals surface area contributed by atoms with E-state index in [2.05, 4.69) is 9.97 Å². The highest BCUT2D eigenvalue weighted by atomic mass is 16.4. The Labute approximate surface area is 157 Å². The molecule has 2 heterocycles. The Morgan fingerprint density at radius 3 is 2.00 bits per heavy atom. The third kappa shape index (κ3) is 2.66. The fraction of sp³-hybridized carbons (Fsp3) is 0. The largest absolute Gasteiger partial charge is 0.508 e. The molecule has 0 aliphatic carbocycles. The number of oxazole rings is 2. The molecule has 0 radical (unpaired) electrons. The first-order valence-corrected chi connectivity index (χ1v) is 8.41. The summed E-state index contributed by atoms with van der Waals surface area (Å²) in [4.78, 5) is 20.0. The molecule has 0 atom stereocenters. The molecule has 7 heteroatoms. The zero-order valence-electron chi connectivity index (χ0n) is 14.3. The van der Waals surface area contributed by atoms with Crippen LogP contribution in [0.3, 0.4) is 0 Å². The van der Waals surface area contributed by atoms with Crippen LogP contribution in [-0.4, -0.2) is 26.2 Å². The third-order valence-electron chi connectivity index (χ3n) is 4.38. The van der Waals surface area contributed by atoms with Gasteiger partial charge in [-0.05, 0) is 60.7 Å². The number of nitrogens with zero attached hydrogens (tertiary/aromatic N) is 2. The van der Waals surface area contributed by atoms with Gasteiger partial charge in [0.2, 0.25) is 11.8 Å². The van der Waals surface area contributed by atoms with Gasteiger partial charge in [0.15, 0.2) is 11.2 Å². The van der Waals surface area contributed by atoms with E-state index in [0.717, 1.165) is 5.56 Å². The normalized spacial score (nSPS) is 11.3. The molecule has 5 rings (SSSR count). The number of fused-ring (bicyclic) bond motifs is 2. The minimum absolute atomic E-state index is 0.151. The van der Waals surface area contributed by atoms with Gasteiger partial charge in [-0.25, -0.2) is 14.8 Å². The number of carboxylic acid groups (broad SMARTS) is 1. The molecule has 28 heavy (non-hydrogen) atoms. The number of carboxylic acids is 1. The van der Waals surface area contributed by atoms with E-state index in [-0.39, 0.29) is 11.3 Å². The summed E-state index contributed by atoms with van der Waals surface area (Å²) in [5.41, 5.74) is 3.82. The summed E-state index contributed by atoms with van der Waals surface area (Å²) in [6.45, 7) is 0. The van der Waals surface area contributed by atoms with Crippen molar-refractivity contribution in [2.75, 3.05) is 0 Å². The molecule has 0 unspecified atom stereocenters. The van der Waals surface area contributed by atoms with Gasteiger partial charge < -0.3 is 19.0 Å². The summed E-state index contributed by atoms with van der Waals surface area (Å²) < 4.78 is 11.5. The van der Waals surface area contributed by atoms with Crippen LogP contribution in [0.2, 0.25) is 0 Å². The van der Waals surface area contributed by atoms with Crippen LogP contribution in [0.1, 0.15) is 10.4 Å². The van der Waals surface area contributed by atoms with Gasteiger partial charge in [0.25, 0.3) is 0 Å². The molecule has 7 nitrogen and oxygen atoms in total. The average Bonchev–Trinajstić information content (AvgIpc) is 3.31. The van der Waals surface area contributed by atoms with Crippen molar-refractivity contribution >= 4 is 28.2 Å². The number of hydrogen-bond donors (Lipinski definition) is 2. The molecule has 0 aliphatic rings. The summed E-state index contributed by atoms with van der Waals surface area (Å²) in [6.07, 6.45) is 0. The van der Waals surface area contributed by atoms with Gasteiger partial charge in [0.1, 0.15) is 16.8 Å². The molecule has 2 N–H and O–H groups in total. The van der Waals surface area contributed by atoms with Gasteiger partial charge >= 0.3 is 5.97 Å². The fourth-order valence-electron chi connectivity index (χ4n) is 2.97. The van der Waals surface area contributed by atoms with Crippen molar-refractivity contribution < 1.29 is 23.8 Å². The smallest absolute Gasteiger partial charge is 0.335 e. The summed E-state index contributed by atoms with van der Waals surface area (Å²) >= 11 is 0. The van der Waals surface area contributed by atoms with Crippen LogP contribution in [0.25, 0.3) is 45.1 Å². The zero-order chi connectivity index (χ0) is 19.3. The molecule has 0 bridgehead atoms. The van der Waals surface area contributed by atoms with Gasteiger partial charge in [-0.1, -0.05) is 0 Å². The predicted molar refractivity (Wildman–Crippen MR) is 101 cm³/mol. The molecule has 0 saturated heterocycles. The highest BCUT2D eigenvalue weighted by Crippen LogP contribution is 2.30. The highest BCUT2D eigenvalue weighted by molar-refractivity contribution is 5.92. The van der Waals surface area contributed by atoms with Crippen molar-refractivity contribution in [3.05, 3.63) is 66.2 Å². The summed E-state index contributed by atoms with van der Waals surface area (Å²) in [5, 5.41) is 18.5. The Morgan fingerprint density at radius 1 is 0.750 bits per heavy atom. The van der Waals surface area contributed by atoms with Gasteiger partial charge in [-0.15, -0.1) is 0 Å². The van der Waals surface area contributed by atoms with Crippen molar-refractivity contribution in [1.29, 1.82) is 0 Å². The third-order valence-corrected chi connectivity index (χ3v) is 4.38. The lowest BCUT2D eigenvalue weighted by Crippen LogP contribution is -1.94. The number of aromatic carboxylic acids is 1. The van der Waals surface area contributed by atoms with Gasteiger partial charge in [-0.3, -0.25) is 0 Å². The zero-order valence-corrected chi connectivity index (χ0v) is 14.3. The Bertz CT molecular complexity index is 1350. The topological polar surface area (TPSA) is 110 Å². The van der Waals surface area contributed by atoms with E-state index in [4.69, 9.17) is 13.9 Å². The first-order valence-electron chi connectivity index (χ1n) is 8.41. The molecule has 136 valence electrons. The number of phenolic OH excluding ortho intramolecular Hbond substituents is 1. The fourth-order valence-corrected chi connectivity index (χ4v) is 2.97. The molecule has 0 saturated carbocycles. The van der Waals surface area contributed by atoms with Crippen LogP contribution >= 0.6 is 0 Å². The lowest BCUT2D eigenvalue weighted by molar-refractivity contribution is 0.0697. The van der Waals surface area contributed by atoms with Crippen LogP contribution in [0, 0.1) is 0 Å². The van der Waals surface area contributed by atoms with Crippen molar-refractivity contribution in [2.45, 2.75) is 0 Å². The summed E-state index contributed by atoms with van der Waals surface area (Å²) in [6, 6.07) is 16.5. The van der Waals surface area contributed by atoms with Gasteiger partial charge in [0.05, 0.1) is 5.56 Å². The number of carbonyl (C=O) groups is 1. The molecule has 0 spiro atoms. The molecule has 0 fully saturated rings. The molecule has 3 aromatic carbocycles. The van der Waals surface area contributed by atoms with E-state index >= 15 is 0 Å². The Hall–Kier alpha value is -4.13. The number of aromatic hydroxyl groups is 1. The van der Waals surface area contributed by atoms with E-state index in [0.29, 0.717) is 39.5 Å². The number of aromatic nitrogens is 2. The van der Waals surface area contributed by atoms with E-state index in [1.807, 2.05) is 0 Å². The number of benzene rings is 3. The van der Waals surface area contributed by atoms with Crippen molar-refractivity contribution in [2.24, 2.45) is 0 Å². The Morgan fingerprint density at radius 2 is 1.32 bits per heavy atom. The molecule has 0 aliphatic heterocycles. The minimum atomic E-state index is -1.02. The van der Waals surface area contributed by atoms with Crippen molar-refractivity contribution in [1.82, 2.24) is 9.97 Å². The number of hydrogen-bond acceptors (Lipinski definition) is 6. The van der Waals surface area contributed by atoms with Crippen LogP contribution in [-0.2, 0) is 0 Å². The second-order valence-corrected chi connectivity index (χ2v) is 6.26. The first-order chi connectivity index (χ1) is 13.6. The van der Waals surface area contributed by atoms with Gasteiger partial charge in [-0.2, -0.15) is 0 Å². The Kier molecular flexibility index (Phi) is 3.42. The van der Waals surface area contributed by atoms with Crippen LogP contribution < -0.4 is 0 Å². The van der Waals surface area contributed by atoms with E-state index in [1.165, 1.54) is 12.1 Å². The molecule has 2 aromatic heterocycles. The molecular formula is C21H12N2O5. The van der Waals surface area contributed by atoms with Crippen LogP contribution in [0.15, 0.2) is 69.5 Å². The predicted octanol–water partition coefficient (Wildman–Crippen LogP) is 4.71. The van der Waals surface area contributed by atoms with Crippen molar-refractivity contribution in [3.63, 3.8) is 0 Å².